The van der Waals surface area contributed by atoms with Crippen molar-refractivity contribution in [3.05, 3.63) is 113 Å². The SMILES string of the molecule is CCc1c(C(F)(F)F)cc(C(=O)Nc2cccc(C(NCC3CC3)c3ccccc3OC)c2)n1-c1cccc(C#N)c1. The van der Waals surface area contributed by atoms with Crippen molar-refractivity contribution < 1.29 is 22.7 Å². The van der Waals surface area contributed by atoms with Gasteiger partial charge in [0.15, 0.2) is 0 Å². The lowest BCUT2D eigenvalue weighted by Gasteiger charge is -2.23. The zero-order chi connectivity index (χ0) is 29.9. The number of carbonyl (C=O) groups excluding carboxylic acids is 1. The molecule has 2 N–H and O–H groups in total. The van der Waals surface area contributed by atoms with Crippen LogP contribution in [0.2, 0.25) is 0 Å². The van der Waals surface area contributed by atoms with E-state index in [4.69, 9.17) is 4.74 Å². The molecule has 6 nitrogen and oxygen atoms in total. The van der Waals surface area contributed by atoms with E-state index in [0.717, 1.165) is 29.5 Å². The Kier molecular flexibility index (Phi) is 8.36. The van der Waals surface area contributed by atoms with Gasteiger partial charge in [-0.25, -0.2) is 0 Å². The van der Waals surface area contributed by atoms with Crippen LogP contribution >= 0.6 is 0 Å². The molecule has 1 atom stereocenters. The second-order valence-electron chi connectivity index (χ2n) is 10.3. The second kappa shape index (κ2) is 12.1. The number of hydrogen-bond acceptors (Lipinski definition) is 4. The summed E-state index contributed by atoms with van der Waals surface area (Å²) in [6.07, 6.45) is -2.27. The summed E-state index contributed by atoms with van der Waals surface area (Å²) in [5.41, 5.74) is 1.73. The van der Waals surface area contributed by atoms with Gasteiger partial charge in [-0.3, -0.25) is 4.79 Å². The first-order chi connectivity index (χ1) is 20.2. The Morgan fingerprint density at radius 2 is 1.83 bits per heavy atom. The predicted octanol–water partition coefficient (Wildman–Crippen LogP) is 7.28. The second-order valence-corrected chi connectivity index (χ2v) is 10.3. The molecule has 1 aromatic heterocycles. The number of nitriles is 1. The van der Waals surface area contributed by atoms with Crippen LogP contribution in [0.3, 0.4) is 0 Å². The first-order valence-electron chi connectivity index (χ1n) is 13.8. The summed E-state index contributed by atoms with van der Waals surface area (Å²) in [7, 11) is 1.62. The molecule has 1 heterocycles. The molecule has 0 saturated heterocycles. The van der Waals surface area contributed by atoms with Gasteiger partial charge in [0.1, 0.15) is 11.4 Å². The largest absolute Gasteiger partial charge is 0.496 e. The fourth-order valence-electron chi connectivity index (χ4n) is 5.23. The zero-order valence-corrected chi connectivity index (χ0v) is 23.3. The van der Waals surface area contributed by atoms with Gasteiger partial charge in [-0.15, -0.1) is 0 Å². The van der Waals surface area contributed by atoms with Crippen molar-refractivity contribution in [3.63, 3.8) is 0 Å². The van der Waals surface area contributed by atoms with Gasteiger partial charge in [0.05, 0.1) is 30.3 Å². The highest BCUT2D eigenvalue weighted by Gasteiger charge is 2.37. The maximum atomic E-state index is 14.1. The number of hydrogen-bond donors (Lipinski definition) is 2. The molecule has 1 saturated carbocycles. The number of halogens is 3. The number of rotatable bonds is 10. The number of alkyl halides is 3. The third kappa shape index (κ3) is 6.19. The van der Waals surface area contributed by atoms with Gasteiger partial charge in [-0.2, -0.15) is 18.4 Å². The lowest BCUT2D eigenvalue weighted by molar-refractivity contribution is -0.138. The fraction of sp³-hybridized carbons (Fsp3) is 0.273. The lowest BCUT2D eigenvalue weighted by Crippen LogP contribution is -2.25. The standard InChI is InChI=1S/C33H31F3N4O2/c1-3-28-27(33(34,35)36)18-29(40(28)25-11-6-8-22(16-25)19-37)32(41)39-24-10-7-9-23(17-24)31(38-20-21-14-15-21)26-12-4-5-13-30(26)42-2/h4-13,16-18,21,31,38H,3,14-15,20H2,1-2H3,(H,39,41). The number of ether oxygens (including phenoxy) is 1. The number of anilines is 1. The Labute approximate surface area is 242 Å². The molecule has 0 aliphatic heterocycles. The van der Waals surface area contributed by atoms with E-state index in [9.17, 15) is 23.2 Å². The smallest absolute Gasteiger partial charge is 0.418 e. The van der Waals surface area contributed by atoms with E-state index in [1.54, 1.807) is 44.4 Å². The van der Waals surface area contributed by atoms with Crippen LogP contribution in [0.5, 0.6) is 5.75 Å². The van der Waals surface area contributed by atoms with Crippen molar-refractivity contribution in [2.24, 2.45) is 5.92 Å². The Morgan fingerprint density at radius 3 is 2.52 bits per heavy atom. The zero-order valence-electron chi connectivity index (χ0n) is 23.3. The Hall–Kier alpha value is -4.55. The van der Waals surface area contributed by atoms with Gasteiger partial charge in [0, 0.05) is 22.6 Å². The van der Waals surface area contributed by atoms with Gasteiger partial charge in [0.25, 0.3) is 5.91 Å². The molecule has 216 valence electrons. The lowest BCUT2D eigenvalue weighted by atomic mass is 9.97. The highest BCUT2D eigenvalue weighted by molar-refractivity contribution is 6.04. The summed E-state index contributed by atoms with van der Waals surface area (Å²) in [6, 6.07) is 23.9. The summed E-state index contributed by atoms with van der Waals surface area (Å²) in [6.45, 7) is 2.43. The molecular formula is C33H31F3N4O2. The van der Waals surface area contributed by atoms with Crippen molar-refractivity contribution in [3.8, 4) is 17.5 Å². The average molecular weight is 573 g/mol. The summed E-state index contributed by atoms with van der Waals surface area (Å²) < 4.78 is 49.1. The minimum absolute atomic E-state index is 0.0294. The van der Waals surface area contributed by atoms with Crippen molar-refractivity contribution in [1.82, 2.24) is 9.88 Å². The number of nitrogens with one attached hydrogen (secondary N) is 2. The summed E-state index contributed by atoms with van der Waals surface area (Å²) in [5.74, 6) is 0.650. The van der Waals surface area contributed by atoms with E-state index in [1.165, 1.54) is 23.5 Å². The molecular weight excluding hydrogens is 541 g/mol. The maximum absolute atomic E-state index is 14.1. The number of para-hydroxylation sites is 1. The van der Waals surface area contributed by atoms with E-state index >= 15 is 0 Å². The molecule has 42 heavy (non-hydrogen) atoms. The summed E-state index contributed by atoms with van der Waals surface area (Å²) in [5, 5.41) is 15.8. The molecule has 5 rings (SSSR count). The van der Waals surface area contributed by atoms with Crippen LogP contribution in [-0.4, -0.2) is 24.1 Å². The van der Waals surface area contributed by atoms with Crippen LogP contribution in [0.25, 0.3) is 5.69 Å². The number of amides is 1. The molecule has 0 bridgehead atoms. The Balaban J connectivity index is 1.52. The summed E-state index contributed by atoms with van der Waals surface area (Å²) in [4.78, 5) is 13.6. The van der Waals surface area contributed by atoms with Crippen molar-refractivity contribution in [1.29, 1.82) is 5.26 Å². The normalized spacial score (nSPS) is 13.8. The van der Waals surface area contributed by atoms with Crippen molar-refractivity contribution >= 4 is 11.6 Å². The van der Waals surface area contributed by atoms with E-state index in [2.05, 4.69) is 10.6 Å². The fourth-order valence-corrected chi connectivity index (χ4v) is 5.23. The highest BCUT2D eigenvalue weighted by atomic mass is 19.4. The number of nitrogens with zero attached hydrogens (tertiary/aromatic N) is 2. The minimum Gasteiger partial charge on any atom is -0.496 e. The monoisotopic (exact) mass is 572 g/mol. The molecule has 1 unspecified atom stereocenters. The molecule has 1 aliphatic rings. The molecule has 1 fully saturated rings. The Bertz CT molecular complexity index is 1630. The predicted molar refractivity (Wildman–Crippen MR) is 155 cm³/mol. The summed E-state index contributed by atoms with van der Waals surface area (Å²) >= 11 is 0. The van der Waals surface area contributed by atoms with Crippen molar-refractivity contribution in [2.45, 2.75) is 38.4 Å². The quantitative estimate of drug-likeness (QED) is 0.209. The number of aromatic nitrogens is 1. The molecule has 1 amide bonds. The number of methoxy groups -OCH3 is 1. The first-order valence-corrected chi connectivity index (χ1v) is 13.8. The molecule has 1 aliphatic carbocycles. The maximum Gasteiger partial charge on any atom is 0.418 e. The molecule has 0 radical (unpaired) electrons. The van der Waals surface area contributed by atoms with Gasteiger partial charge >= 0.3 is 6.18 Å². The van der Waals surface area contributed by atoms with Crippen LogP contribution in [0.4, 0.5) is 18.9 Å². The highest BCUT2D eigenvalue weighted by Crippen LogP contribution is 2.37. The van der Waals surface area contributed by atoms with Crippen LogP contribution in [-0.2, 0) is 12.6 Å². The molecule has 4 aromatic rings. The average Bonchev–Trinajstić information content (AvgIpc) is 3.73. The van der Waals surface area contributed by atoms with Crippen LogP contribution in [0.1, 0.15) is 64.2 Å². The third-order valence-corrected chi connectivity index (χ3v) is 7.44. The van der Waals surface area contributed by atoms with Gasteiger partial charge in [0.2, 0.25) is 0 Å². The van der Waals surface area contributed by atoms with E-state index in [-0.39, 0.29) is 29.4 Å². The van der Waals surface area contributed by atoms with Crippen LogP contribution < -0.4 is 15.4 Å². The first kappa shape index (κ1) is 29.0. The van der Waals surface area contributed by atoms with E-state index in [1.807, 2.05) is 42.5 Å². The topological polar surface area (TPSA) is 79.1 Å². The number of carbonyl (C=O) groups is 1. The van der Waals surface area contributed by atoms with Crippen LogP contribution in [0.15, 0.2) is 78.9 Å². The molecule has 9 heteroatoms. The van der Waals surface area contributed by atoms with E-state index in [0.29, 0.717) is 17.3 Å². The van der Waals surface area contributed by atoms with Gasteiger partial charge in [-0.05, 0) is 79.8 Å². The molecule has 0 spiro atoms. The molecule has 3 aromatic carbocycles. The minimum atomic E-state index is -4.66. The van der Waals surface area contributed by atoms with Gasteiger partial charge < -0.3 is 19.9 Å². The van der Waals surface area contributed by atoms with E-state index < -0.39 is 17.6 Å². The number of benzene rings is 3. The Morgan fingerprint density at radius 1 is 1.07 bits per heavy atom. The van der Waals surface area contributed by atoms with Crippen LogP contribution in [0, 0.1) is 17.2 Å². The third-order valence-electron chi connectivity index (χ3n) is 7.44. The van der Waals surface area contributed by atoms with Crippen molar-refractivity contribution in [2.75, 3.05) is 19.0 Å². The van der Waals surface area contributed by atoms with Gasteiger partial charge in [-0.1, -0.05) is 43.3 Å².